The Morgan fingerprint density at radius 3 is 2.88 bits per heavy atom. The van der Waals surface area contributed by atoms with Crippen LogP contribution >= 0.6 is 0 Å². The summed E-state index contributed by atoms with van der Waals surface area (Å²) in [5, 5.41) is 3.65. The van der Waals surface area contributed by atoms with E-state index in [0.29, 0.717) is 0 Å². The van der Waals surface area contributed by atoms with Crippen LogP contribution in [0.15, 0.2) is 0 Å². The Morgan fingerprint density at radius 1 is 1.38 bits per heavy atom. The lowest BCUT2D eigenvalue weighted by molar-refractivity contribution is 0.00871. The van der Waals surface area contributed by atoms with Crippen molar-refractivity contribution in [3.05, 3.63) is 0 Å². The number of nitrogens with one attached hydrogen (secondary N) is 1. The van der Waals surface area contributed by atoms with Crippen LogP contribution in [0.4, 0.5) is 0 Å². The minimum atomic E-state index is 0.0290. The Bertz CT molecular complexity index is 216. The van der Waals surface area contributed by atoms with E-state index < -0.39 is 0 Å². The molecular formula is C13H26N2O. The van der Waals surface area contributed by atoms with Crippen LogP contribution in [0.5, 0.6) is 0 Å². The summed E-state index contributed by atoms with van der Waals surface area (Å²) in [5.74, 6) is 0.902. The molecular weight excluding hydrogens is 200 g/mol. The van der Waals surface area contributed by atoms with Gasteiger partial charge in [-0.2, -0.15) is 0 Å². The summed E-state index contributed by atoms with van der Waals surface area (Å²) in [4.78, 5) is 2.61. The lowest BCUT2D eigenvalue weighted by Gasteiger charge is -2.26. The zero-order valence-electron chi connectivity index (χ0n) is 11.0. The number of nitrogens with zero attached hydrogens (tertiary/aromatic N) is 1. The Kier molecular flexibility index (Phi) is 3.88. The fourth-order valence-electron chi connectivity index (χ4n) is 2.85. The van der Waals surface area contributed by atoms with Crippen LogP contribution < -0.4 is 5.32 Å². The lowest BCUT2D eigenvalue weighted by atomic mass is 9.94. The first-order chi connectivity index (χ1) is 7.61. The van der Waals surface area contributed by atoms with E-state index >= 15 is 0 Å². The third kappa shape index (κ3) is 2.96. The molecule has 1 N–H and O–H groups in total. The average Bonchev–Trinajstić information content (AvgIpc) is 2.69. The van der Waals surface area contributed by atoms with Crippen LogP contribution in [0.25, 0.3) is 0 Å². The van der Waals surface area contributed by atoms with Gasteiger partial charge in [-0.3, -0.25) is 0 Å². The average molecular weight is 226 g/mol. The maximum absolute atomic E-state index is 5.47. The first-order valence-electron chi connectivity index (χ1n) is 6.61. The zero-order chi connectivity index (χ0) is 11.6. The van der Waals surface area contributed by atoms with Crippen LogP contribution in [-0.2, 0) is 4.74 Å². The third-order valence-electron chi connectivity index (χ3n) is 4.26. The van der Waals surface area contributed by atoms with Crippen molar-refractivity contribution in [3.63, 3.8) is 0 Å². The lowest BCUT2D eigenvalue weighted by Crippen LogP contribution is -2.40. The highest BCUT2D eigenvalue weighted by atomic mass is 16.5. The molecule has 0 amide bonds. The van der Waals surface area contributed by atoms with Gasteiger partial charge in [-0.1, -0.05) is 0 Å². The van der Waals surface area contributed by atoms with Gasteiger partial charge in [0.25, 0.3) is 0 Å². The molecule has 0 radical (unpaired) electrons. The molecule has 0 aromatic rings. The molecule has 3 nitrogen and oxygen atoms in total. The minimum Gasteiger partial charge on any atom is -0.379 e. The SMILES string of the molecule is COC(C)(C)CCN1CC2CCCNC2C1. The summed E-state index contributed by atoms with van der Waals surface area (Å²) in [7, 11) is 1.81. The monoisotopic (exact) mass is 226 g/mol. The number of fused-ring (bicyclic) bond motifs is 1. The van der Waals surface area contributed by atoms with Crippen molar-refractivity contribution in [2.24, 2.45) is 5.92 Å². The highest BCUT2D eigenvalue weighted by molar-refractivity contribution is 4.92. The van der Waals surface area contributed by atoms with Gasteiger partial charge in [0.1, 0.15) is 0 Å². The van der Waals surface area contributed by atoms with Gasteiger partial charge >= 0.3 is 0 Å². The normalized spacial score (nSPS) is 31.7. The Balaban J connectivity index is 1.76. The second kappa shape index (κ2) is 5.03. The van der Waals surface area contributed by atoms with Crippen molar-refractivity contribution in [3.8, 4) is 0 Å². The first kappa shape index (κ1) is 12.3. The van der Waals surface area contributed by atoms with Crippen molar-refractivity contribution >= 4 is 0 Å². The summed E-state index contributed by atoms with van der Waals surface area (Å²) in [6.45, 7) is 9.28. The molecule has 0 spiro atoms. The number of piperidine rings is 1. The van der Waals surface area contributed by atoms with Gasteiger partial charge < -0.3 is 15.0 Å². The highest BCUT2D eigenvalue weighted by Crippen LogP contribution is 2.25. The van der Waals surface area contributed by atoms with Gasteiger partial charge in [-0.05, 0) is 45.6 Å². The van der Waals surface area contributed by atoms with Gasteiger partial charge in [-0.25, -0.2) is 0 Å². The van der Waals surface area contributed by atoms with Crippen LogP contribution in [0.2, 0.25) is 0 Å². The quantitative estimate of drug-likeness (QED) is 0.786. The fraction of sp³-hybridized carbons (Fsp3) is 1.00. The molecule has 0 aromatic carbocycles. The third-order valence-corrected chi connectivity index (χ3v) is 4.26. The van der Waals surface area contributed by atoms with Crippen molar-refractivity contribution < 1.29 is 4.74 Å². The van der Waals surface area contributed by atoms with Crippen LogP contribution in [-0.4, -0.2) is 49.8 Å². The van der Waals surface area contributed by atoms with Crippen LogP contribution in [0.1, 0.15) is 33.1 Å². The summed E-state index contributed by atoms with van der Waals surface area (Å²) in [6, 6.07) is 0.763. The molecule has 0 aromatic heterocycles. The topological polar surface area (TPSA) is 24.5 Å². The second-order valence-electron chi connectivity index (χ2n) is 5.94. The Hall–Kier alpha value is -0.120. The maximum Gasteiger partial charge on any atom is 0.0634 e. The molecule has 0 saturated carbocycles. The number of hydrogen-bond acceptors (Lipinski definition) is 3. The molecule has 2 atom stereocenters. The molecule has 2 aliphatic rings. The van der Waals surface area contributed by atoms with Gasteiger partial charge in [-0.15, -0.1) is 0 Å². The van der Waals surface area contributed by atoms with Crippen molar-refractivity contribution in [1.82, 2.24) is 10.2 Å². The van der Waals surface area contributed by atoms with Gasteiger partial charge in [0.05, 0.1) is 5.60 Å². The molecule has 2 aliphatic heterocycles. The molecule has 3 heteroatoms. The predicted octanol–water partition coefficient (Wildman–Crippen LogP) is 1.49. The zero-order valence-corrected chi connectivity index (χ0v) is 11.0. The number of likely N-dealkylation sites (tertiary alicyclic amines) is 1. The largest absolute Gasteiger partial charge is 0.379 e. The molecule has 94 valence electrons. The summed E-state index contributed by atoms with van der Waals surface area (Å²) in [5.41, 5.74) is 0.0290. The number of hydrogen-bond donors (Lipinski definition) is 1. The Morgan fingerprint density at radius 2 is 2.19 bits per heavy atom. The van der Waals surface area contributed by atoms with E-state index in [4.69, 9.17) is 4.74 Å². The van der Waals surface area contributed by atoms with Crippen LogP contribution in [0.3, 0.4) is 0 Å². The van der Waals surface area contributed by atoms with E-state index in [-0.39, 0.29) is 5.60 Å². The molecule has 2 rings (SSSR count). The first-order valence-corrected chi connectivity index (χ1v) is 6.61. The van der Waals surface area contributed by atoms with E-state index in [1.54, 1.807) is 0 Å². The smallest absolute Gasteiger partial charge is 0.0634 e. The van der Waals surface area contributed by atoms with E-state index in [2.05, 4.69) is 24.1 Å². The maximum atomic E-state index is 5.47. The number of ether oxygens (including phenoxy) is 1. The summed E-state index contributed by atoms with van der Waals surface area (Å²) in [6.07, 6.45) is 3.91. The Labute approximate surface area is 99.5 Å². The number of rotatable bonds is 4. The molecule has 2 unspecified atom stereocenters. The molecule has 2 heterocycles. The fourth-order valence-corrected chi connectivity index (χ4v) is 2.85. The van der Waals surface area contributed by atoms with Crippen molar-refractivity contribution in [2.45, 2.75) is 44.8 Å². The van der Waals surface area contributed by atoms with E-state index in [1.165, 1.54) is 39.0 Å². The highest BCUT2D eigenvalue weighted by Gasteiger charge is 2.34. The molecule has 0 aliphatic carbocycles. The molecule has 0 bridgehead atoms. The molecule has 16 heavy (non-hydrogen) atoms. The van der Waals surface area contributed by atoms with E-state index in [9.17, 15) is 0 Å². The summed E-state index contributed by atoms with van der Waals surface area (Å²) >= 11 is 0. The van der Waals surface area contributed by atoms with Gasteiger partial charge in [0, 0.05) is 32.8 Å². The van der Waals surface area contributed by atoms with E-state index in [1.807, 2.05) is 7.11 Å². The minimum absolute atomic E-state index is 0.0290. The van der Waals surface area contributed by atoms with E-state index in [0.717, 1.165) is 18.4 Å². The van der Waals surface area contributed by atoms with Gasteiger partial charge in [0.2, 0.25) is 0 Å². The molecule has 2 fully saturated rings. The van der Waals surface area contributed by atoms with Crippen molar-refractivity contribution in [1.29, 1.82) is 0 Å². The van der Waals surface area contributed by atoms with Crippen molar-refractivity contribution in [2.75, 3.05) is 33.3 Å². The van der Waals surface area contributed by atoms with Crippen LogP contribution in [0, 0.1) is 5.92 Å². The standard InChI is InChI=1S/C13H26N2O/c1-13(2,16-3)6-8-15-9-11-5-4-7-14-12(11)10-15/h11-12,14H,4-10H2,1-3H3. The number of methoxy groups -OCH3 is 1. The second-order valence-corrected chi connectivity index (χ2v) is 5.94. The summed E-state index contributed by atoms with van der Waals surface area (Å²) < 4.78 is 5.47. The predicted molar refractivity (Wildman–Crippen MR) is 66.7 cm³/mol. The molecule has 2 saturated heterocycles. The van der Waals surface area contributed by atoms with Gasteiger partial charge in [0.15, 0.2) is 0 Å².